The van der Waals surface area contributed by atoms with Crippen LogP contribution in [0.15, 0.2) is 12.2 Å². The standard InChI is InChI=1S/C35H67O8P/c1-3-5-7-9-11-13-15-16-17-18-20-22-24-26-28-30-35(37)43-33(32-42-44(38,39)40)31-41-34(36)29-27-25-23-21-19-14-12-10-8-6-4-2/h10,12,33H,3-9,11,13-32H2,1-2H3,(H2,38,39,40)/b12-10+/t33-/m1/s1. The molecule has 44 heavy (non-hydrogen) atoms. The lowest BCUT2D eigenvalue weighted by molar-refractivity contribution is -0.161. The summed E-state index contributed by atoms with van der Waals surface area (Å²) in [5.74, 6) is -0.890. The van der Waals surface area contributed by atoms with Gasteiger partial charge < -0.3 is 19.3 Å². The van der Waals surface area contributed by atoms with Gasteiger partial charge in [-0.15, -0.1) is 0 Å². The maximum atomic E-state index is 12.3. The predicted octanol–water partition coefficient (Wildman–Crippen LogP) is 10.3. The SMILES string of the molecule is CCCC/C=C/CCCCCCCC(=O)OC[C@H](COP(=O)(O)O)OC(=O)CCCCCCCCCCCCCCCCC. The zero-order valence-corrected chi connectivity index (χ0v) is 29.2. The number of rotatable bonds is 33. The molecule has 0 fully saturated rings. The minimum absolute atomic E-state index is 0.215. The van der Waals surface area contributed by atoms with Crippen molar-refractivity contribution in [1.29, 1.82) is 0 Å². The Morgan fingerprint density at radius 3 is 1.45 bits per heavy atom. The first-order valence-electron chi connectivity index (χ1n) is 18.0. The van der Waals surface area contributed by atoms with E-state index in [4.69, 9.17) is 19.3 Å². The van der Waals surface area contributed by atoms with Crippen LogP contribution < -0.4 is 0 Å². The topological polar surface area (TPSA) is 119 Å². The molecular weight excluding hydrogens is 579 g/mol. The van der Waals surface area contributed by atoms with Gasteiger partial charge in [-0.2, -0.15) is 0 Å². The number of carbonyl (C=O) groups is 2. The third kappa shape index (κ3) is 33.7. The lowest BCUT2D eigenvalue weighted by atomic mass is 10.0. The second-order valence-corrected chi connectivity index (χ2v) is 13.4. The molecule has 0 bridgehead atoms. The summed E-state index contributed by atoms with van der Waals surface area (Å²) in [6.45, 7) is 3.63. The Morgan fingerprint density at radius 1 is 0.568 bits per heavy atom. The Bertz CT molecular complexity index is 736. The molecule has 0 unspecified atom stereocenters. The third-order valence-corrected chi connectivity index (χ3v) is 8.27. The Kier molecular flexibility index (Phi) is 30.9. The fourth-order valence-electron chi connectivity index (χ4n) is 5.06. The van der Waals surface area contributed by atoms with Gasteiger partial charge in [0.25, 0.3) is 0 Å². The van der Waals surface area contributed by atoms with E-state index in [-0.39, 0.29) is 19.4 Å². The van der Waals surface area contributed by atoms with Gasteiger partial charge in [0.15, 0.2) is 6.10 Å². The highest BCUT2D eigenvalue weighted by atomic mass is 31.2. The fraction of sp³-hybridized carbons (Fsp3) is 0.886. The lowest BCUT2D eigenvalue weighted by Crippen LogP contribution is -2.29. The van der Waals surface area contributed by atoms with E-state index < -0.39 is 32.5 Å². The van der Waals surface area contributed by atoms with E-state index in [0.717, 1.165) is 57.8 Å². The number of phosphoric ester groups is 1. The molecule has 260 valence electrons. The van der Waals surface area contributed by atoms with Crippen LogP contribution in [0.2, 0.25) is 0 Å². The van der Waals surface area contributed by atoms with Crippen molar-refractivity contribution in [2.45, 2.75) is 187 Å². The van der Waals surface area contributed by atoms with Crippen LogP contribution in [0, 0.1) is 0 Å². The molecule has 0 rings (SSSR count). The molecule has 0 amide bonds. The lowest BCUT2D eigenvalue weighted by Gasteiger charge is -2.18. The minimum atomic E-state index is -4.74. The smallest absolute Gasteiger partial charge is 0.462 e. The molecule has 0 aliphatic carbocycles. The number of phosphoric acid groups is 1. The summed E-state index contributed by atoms with van der Waals surface area (Å²) in [6.07, 6.45) is 32.2. The fourth-order valence-corrected chi connectivity index (χ4v) is 5.42. The molecule has 0 aromatic heterocycles. The van der Waals surface area contributed by atoms with Crippen molar-refractivity contribution in [3.63, 3.8) is 0 Å². The number of hydrogen-bond donors (Lipinski definition) is 2. The van der Waals surface area contributed by atoms with E-state index in [1.807, 2.05) is 0 Å². The van der Waals surface area contributed by atoms with Crippen molar-refractivity contribution in [3.8, 4) is 0 Å². The highest BCUT2D eigenvalue weighted by Gasteiger charge is 2.22. The van der Waals surface area contributed by atoms with E-state index in [2.05, 4.69) is 30.5 Å². The molecule has 0 radical (unpaired) electrons. The first-order chi connectivity index (χ1) is 21.3. The molecule has 0 aromatic rings. The summed E-state index contributed by atoms with van der Waals surface area (Å²) in [5, 5.41) is 0. The van der Waals surface area contributed by atoms with Crippen molar-refractivity contribution in [1.82, 2.24) is 0 Å². The van der Waals surface area contributed by atoms with Gasteiger partial charge in [-0.05, 0) is 32.1 Å². The van der Waals surface area contributed by atoms with E-state index >= 15 is 0 Å². The third-order valence-electron chi connectivity index (χ3n) is 7.78. The van der Waals surface area contributed by atoms with Crippen LogP contribution in [-0.4, -0.2) is 41.0 Å². The van der Waals surface area contributed by atoms with Gasteiger partial charge in [-0.3, -0.25) is 14.1 Å². The van der Waals surface area contributed by atoms with Gasteiger partial charge in [0, 0.05) is 12.8 Å². The summed E-state index contributed by atoms with van der Waals surface area (Å²) >= 11 is 0. The highest BCUT2D eigenvalue weighted by molar-refractivity contribution is 7.46. The van der Waals surface area contributed by atoms with E-state index in [1.165, 1.54) is 83.5 Å². The Morgan fingerprint density at radius 2 is 0.977 bits per heavy atom. The molecule has 0 aliphatic rings. The van der Waals surface area contributed by atoms with Crippen molar-refractivity contribution >= 4 is 19.8 Å². The molecule has 2 N–H and O–H groups in total. The molecule has 0 spiro atoms. The van der Waals surface area contributed by atoms with Gasteiger partial charge in [0.1, 0.15) is 6.61 Å². The molecule has 9 heteroatoms. The van der Waals surface area contributed by atoms with Crippen molar-refractivity contribution in [3.05, 3.63) is 12.2 Å². The van der Waals surface area contributed by atoms with Crippen LogP contribution >= 0.6 is 7.82 Å². The zero-order chi connectivity index (χ0) is 32.6. The molecule has 0 aromatic carbocycles. The first kappa shape index (κ1) is 42.8. The van der Waals surface area contributed by atoms with Crippen LogP contribution in [0.4, 0.5) is 0 Å². The van der Waals surface area contributed by atoms with Gasteiger partial charge in [-0.1, -0.05) is 148 Å². The van der Waals surface area contributed by atoms with Crippen molar-refractivity contribution in [2.24, 2.45) is 0 Å². The molecular formula is C35H67O8P. The van der Waals surface area contributed by atoms with Gasteiger partial charge in [-0.25, -0.2) is 4.57 Å². The van der Waals surface area contributed by atoms with E-state index in [0.29, 0.717) is 12.8 Å². The first-order valence-corrected chi connectivity index (χ1v) is 19.5. The maximum absolute atomic E-state index is 12.3. The Labute approximate surface area is 269 Å². The number of ether oxygens (including phenoxy) is 2. The Balaban J connectivity index is 3.96. The van der Waals surface area contributed by atoms with Gasteiger partial charge in [0.05, 0.1) is 6.61 Å². The summed E-state index contributed by atoms with van der Waals surface area (Å²) in [4.78, 5) is 42.6. The molecule has 0 aliphatic heterocycles. The molecule has 0 saturated heterocycles. The van der Waals surface area contributed by atoms with E-state index in [1.54, 1.807) is 0 Å². The van der Waals surface area contributed by atoms with Crippen LogP contribution in [-0.2, 0) is 28.2 Å². The predicted molar refractivity (Wildman–Crippen MR) is 179 cm³/mol. The minimum Gasteiger partial charge on any atom is -0.462 e. The van der Waals surface area contributed by atoms with Crippen molar-refractivity contribution < 1.29 is 37.9 Å². The summed E-state index contributed by atoms with van der Waals surface area (Å²) in [6, 6.07) is 0. The van der Waals surface area contributed by atoms with Crippen molar-refractivity contribution in [2.75, 3.05) is 13.2 Å². The quantitative estimate of drug-likeness (QED) is 0.0313. The number of carbonyl (C=O) groups excluding carboxylic acids is 2. The van der Waals surface area contributed by atoms with Crippen LogP contribution in [0.1, 0.15) is 181 Å². The van der Waals surface area contributed by atoms with E-state index in [9.17, 15) is 14.2 Å². The number of hydrogen-bond acceptors (Lipinski definition) is 6. The molecule has 1 atom stereocenters. The number of esters is 2. The van der Waals surface area contributed by atoms with Crippen LogP contribution in [0.5, 0.6) is 0 Å². The molecule has 8 nitrogen and oxygen atoms in total. The number of unbranched alkanes of at least 4 members (excludes halogenated alkanes) is 21. The average Bonchev–Trinajstić information content (AvgIpc) is 2.98. The van der Waals surface area contributed by atoms with Crippen LogP contribution in [0.3, 0.4) is 0 Å². The van der Waals surface area contributed by atoms with Crippen LogP contribution in [0.25, 0.3) is 0 Å². The summed E-state index contributed by atoms with van der Waals surface area (Å²) in [5.41, 5.74) is 0. The van der Waals surface area contributed by atoms with Gasteiger partial charge >= 0.3 is 19.8 Å². The second-order valence-electron chi connectivity index (χ2n) is 12.2. The summed E-state index contributed by atoms with van der Waals surface area (Å²) < 4.78 is 26.2. The average molecular weight is 647 g/mol. The maximum Gasteiger partial charge on any atom is 0.469 e. The monoisotopic (exact) mass is 646 g/mol. The normalized spacial score (nSPS) is 12.5. The molecule has 0 saturated carbocycles. The second kappa shape index (κ2) is 31.8. The highest BCUT2D eigenvalue weighted by Crippen LogP contribution is 2.36. The number of allylic oxidation sites excluding steroid dienone is 2. The summed E-state index contributed by atoms with van der Waals surface area (Å²) in [7, 11) is -4.74. The van der Waals surface area contributed by atoms with Gasteiger partial charge in [0.2, 0.25) is 0 Å². The largest absolute Gasteiger partial charge is 0.469 e. The Hall–Kier alpha value is -1.21. The molecule has 0 heterocycles. The zero-order valence-electron chi connectivity index (χ0n) is 28.3.